The van der Waals surface area contributed by atoms with E-state index in [0.717, 1.165) is 4.47 Å². The van der Waals surface area contributed by atoms with Gasteiger partial charge in [0.15, 0.2) is 0 Å². The van der Waals surface area contributed by atoms with Crippen molar-refractivity contribution < 1.29 is 9.53 Å². The molecule has 1 aromatic rings. The number of halogens is 1. The topological polar surface area (TPSA) is 45.3 Å². The van der Waals surface area contributed by atoms with Gasteiger partial charge in [-0.3, -0.25) is 4.79 Å². The summed E-state index contributed by atoms with van der Waals surface area (Å²) >= 11 is 3.32. The molecule has 2 unspecified atom stereocenters. The summed E-state index contributed by atoms with van der Waals surface area (Å²) in [5.41, 5.74) is 0.618. The minimum absolute atomic E-state index is 0.0355. The van der Waals surface area contributed by atoms with Crippen LogP contribution in [0.25, 0.3) is 0 Å². The molecule has 1 saturated heterocycles. The Morgan fingerprint density at radius 3 is 3.00 bits per heavy atom. The molecule has 1 aliphatic heterocycles. The van der Waals surface area contributed by atoms with Gasteiger partial charge in [-0.2, -0.15) is 0 Å². The predicted molar refractivity (Wildman–Crippen MR) is 64.4 cm³/mol. The molecule has 0 saturated carbocycles. The number of carbonyl (C=O) groups excluding carboxylic acids is 1. The van der Waals surface area contributed by atoms with Crippen LogP contribution in [-0.2, 0) is 4.74 Å². The molecule has 1 aromatic heterocycles. The van der Waals surface area contributed by atoms with Crippen LogP contribution in [0.1, 0.15) is 24.3 Å². The second-order valence-electron chi connectivity index (χ2n) is 4.18. The van der Waals surface area contributed by atoms with Crippen LogP contribution in [0, 0.1) is 0 Å². The molecule has 0 bridgehead atoms. The third kappa shape index (κ3) is 2.30. The van der Waals surface area contributed by atoms with Gasteiger partial charge in [-0.15, -0.1) is 0 Å². The molecule has 0 aliphatic carbocycles. The van der Waals surface area contributed by atoms with E-state index < -0.39 is 0 Å². The molecule has 1 amide bonds. The van der Waals surface area contributed by atoms with E-state index in [1.165, 1.54) is 0 Å². The minimum atomic E-state index is 0.0355. The molecule has 0 spiro atoms. The highest BCUT2D eigenvalue weighted by Crippen LogP contribution is 2.17. The standard InChI is InChI=1S/C11H15BrN2O2/c1-7-6-16-8(2)5-14(7)11(15)10-3-9(12)4-13-10/h3-4,7-8,13H,5-6H2,1-2H3. The van der Waals surface area contributed by atoms with E-state index in [2.05, 4.69) is 20.9 Å². The highest BCUT2D eigenvalue weighted by Gasteiger charge is 2.28. The van der Waals surface area contributed by atoms with Gasteiger partial charge in [-0.25, -0.2) is 0 Å². The Morgan fingerprint density at radius 2 is 2.38 bits per heavy atom. The van der Waals surface area contributed by atoms with Crippen LogP contribution in [0.5, 0.6) is 0 Å². The number of morpholine rings is 1. The number of carbonyl (C=O) groups is 1. The summed E-state index contributed by atoms with van der Waals surface area (Å²) in [6.45, 7) is 5.24. The molecule has 5 heteroatoms. The molecule has 1 aliphatic rings. The zero-order chi connectivity index (χ0) is 11.7. The van der Waals surface area contributed by atoms with Crippen LogP contribution >= 0.6 is 15.9 Å². The van der Waals surface area contributed by atoms with Crippen molar-refractivity contribution in [2.75, 3.05) is 13.2 Å². The Morgan fingerprint density at radius 1 is 1.62 bits per heavy atom. The smallest absolute Gasteiger partial charge is 0.270 e. The van der Waals surface area contributed by atoms with Crippen molar-refractivity contribution >= 4 is 21.8 Å². The van der Waals surface area contributed by atoms with Crippen LogP contribution in [0.15, 0.2) is 16.7 Å². The van der Waals surface area contributed by atoms with Gasteiger partial charge in [-0.05, 0) is 35.8 Å². The molecule has 88 valence electrons. The third-order valence-corrected chi connectivity index (χ3v) is 3.20. The van der Waals surface area contributed by atoms with Crippen molar-refractivity contribution in [2.24, 2.45) is 0 Å². The van der Waals surface area contributed by atoms with Crippen molar-refractivity contribution in [3.8, 4) is 0 Å². The molecule has 2 rings (SSSR count). The highest BCUT2D eigenvalue weighted by molar-refractivity contribution is 9.10. The fraction of sp³-hybridized carbons (Fsp3) is 0.545. The molecule has 0 radical (unpaired) electrons. The van der Waals surface area contributed by atoms with Gasteiger partial charge in [0, 0.05) is 17.2 Å². The molecular formula is C11H15BrN2O2. The van der Waals surface area contributed by atoms with Crippen molar-refractivity contribution in [3.63, 3.8) is 0 Å². The molecule has 16 heavy (non-hydrogen) atoms. The normalized spacial score (nSPS) is 25.8. The summed E-state index contributed by atoms with van der Waals surface area (Å²) in [4.78, 5) is 17.0. The molecule has 0 aromatic carbocycles. The van der Waals surface area contributed by atoms with Crippen LogP contribution < -0.4 is 0 Å². The summed E-state index contributed by atoms with van der Waals surface area (Å²) in [6, 6.07) is 1.93. The summed E-state index contributed by atoms with van der Waals surface area (Å²) in [6.07, 6.45) is 1.88. The predicted octanol–water partition coefficient (Wildman–Crippen LogP) is 2.03. The number of hydrogen-bond acceptors (Lipinski definition) is 2. The van der Waals surface area contributed by atoms with Gasteiger partial charge >= 0.3 is 0 Å². The first-order chi connectivity index (χ1) is 7.58. The van der Waals surface area contributed by atoms with Gasteiger partial charge in [0.05, 0.1) is 18.8 Å². The molecule has 4 nitrogen and oxygen atoms in total. The van der Waals surface area contributed by atoms with E-state index >= 15 is 0 Å². The van der Waals surface area contributed by atoms with E-state index in [-0.39, 0.29) is 18.1 Å². The molecule has 1 fully saturated rings. The number of amides is 1. The minimum Gasteiger partial charge on any atom is -0.375 e. The summed E-state index contributed by atoms with van der Waals surface area (Å²) < 4.78 is 6.39. The Balaban J connectivity index is 2.14. The SMILES string of the molecule is CC1CN(C(=O)c2cc(Br)c[nH]2)C(C)CO1. The number of rotatable bonds is 1. The average Bonchev–Trinajstić information content (AvgIpc) is 2.67. The Kier molecular flexibility index (Phi) is 3.35. The molecule has 1 N–H and O–H groups in total. The average molecular weight is 287 g/mol. The van der Waals surface area contributed by atoms with Crippen LogP contribution in [0.2, 0.25) is 0 Å². The molecule has 2 heterocycles. The van der Waals surface area contributed by atoms with E-state index in [4.69, 9.17) is 4.74 Å². The Labute approximate surface area is 103 Å². The maximum absolute atomic E-state index is 12.2. The van der Waals surface area contributed by atoms with E-state index in [1.807, 2.05) is 18.7 Å². The number of ether oxygens (including phenoxy) is 1. The van der Waals surface area contributed by atoms with Crippen LogP contribution in [0.3, 0.4) is 0 Å². The molecular weight excluding hydrogens is 272 g/mol. The third-order valence-electron chi connectivity index (χ3n) is 2.75. The van der Waals surface area contributed by atoms with E-state index in [1.54, 1.807) is 12.3 Å². The summed E-state index contributed by atoms with van der Waals surface area (Å²) in [5, 5.41) is 0. The van der Waals surface area contributed by atoms with Crippen molar-refractivity contribution in [1.29, 1.82) is 0 Å². The number of nitrogens with zero attached hydrogens (tertiary/aromatic N) is 1. The first-order valence-corrected chi connectivity index (χ1v) is 6.13. The lowest BCUT2D eigenvalue weighted by molar-refractivity contribution is -0.0388. The first-order valence-electron chi connectivity index (χ1n) is 5.34. The zero-order valence-corrected chi connectivity index (χ0v) is 11.0. The van der Waals surface area contributed by atoms with E-state index in [9.17, 15) is 4.79 Å². The lowest BCUT2D eigenvalue weighted by atomic mass is 10.2. The van der Waals surface area contributed by atoms with E-state index in [0.29, 0.717) is 18.8 Å². The fourth-order valence-electron chi connectivity index (χ4n) is 1.83. The van der Waals surface area contributed by atoms with Gasteiger partial charge in [0.25, 0.3) is 5.91 Å². The maximum Gasteiger partial charge on any atom is 0.270 e. The van der Waals surface area contributed by atoms with Crippen molar-refractivity contribution in [2.45, 2.75) is 26.0 Å². The monoisotopic (exact) mass is 286 g/mol. The largest absolute Gasteiger partial charge is 0.375 e. The van der Waals surface area contributed by atoms with Gasteiger partial charge in [0.1, 0.15) is 5.69 Å². The number of hydrogen-bond donors (Lipinski definition) is 1. The summed E-state index contributed by atoms with van der Waals surface area (Å²) in [7, 11) is 0. The number of H-pyrrole nitrogens is 1. The molecule has 2 atom stereocenters. The quantitative estimate of drug-likeness (QED) is 0.859. The number of aromatic nitrogens is 1. The van der Waals surface area contributed by atoms with Gasteiger partial charge in [0.2, 0.25) is 0 Å². The van der Waals surface area contributed by atoms with Crippen LogP contribution in [0.4, 0.5) is 0 Å². The number of nitrogens with one attached hydrogen (secondary N) is 1. The lowest BCUT2D eigenvalue weighted by Crippen LogP contribution is -2.50. The summed E-state index contributed by atoms with van der Waals surface area (Å²) in [5.74, 6) is 0.0355. The highest BCUT2D eigenvalue weighted by atomic mass is 79.9. The van der Waals surface area contributed by atoms with Gasteiger partial charge in [-0.1, -0.05) is 0 Å². The Bertz CT molecular complexity index is 391. The van der Waals surface area contributed by atoms with Crippen LogP contribution in [-0.4, -0.2) is 41.1 Å². The second kappa shape index (κ2) is 4.59. The van der Waals surface area contributed by atoms with Gasteiger partial charge < -0.3 is 14.6 Å². The Hall–Kier alpha value is -0.810. The second-order valence-corrected chi connectivity index (χ2v) is 5.10. The zero-order valence-electron chi connectivity index (χ0n) is 9.37. The lowest BCUT2D eigenvalue weighted by Gasteiger charge is -2.36. The number of aromatic amines is 1. The maximum atomic E-state index is 12.2. The first kappa shape index (κ1) is 11.7. The fourth-order valence-corrected chi connectivity index (χ4v) is 2.18. The van der Waals surface area contributed by atoms with Crippen molar-refractivity contribution in [3.05, 3.63) is 22.4 Å². The van der Waals surface area contributed by atoms with Crippen molar-refractivity contribution in [1.82, 2.24) is 9.88 Å².